The molecule has 0 amide bonds. The van der Waals surface area contributed by atoms with Gasteiger partial charge in [0.15, 0.2) is 0 Å². The van der Waals surface area contributed by atoms with E-state index in [2.05, 4.69) is 14.9 Å². The van der Waals surface area contributed by atoms with Crippen molar-refractivity contribution in [1.29, 1.82) is 0 Å². The molecular formula is C10H17N3O5S. The summed E-state index contributed by atoms with van der Waals surface area (Å²) in [6.45, 7) is 2.61. The van der Waals surface area contributed by atoms with Crippen LogP contribution in [0.5, 0.6) is 0 Å². The Bertz CT molecular complexity index is 521. The van der Waals surface area contributed by atoms with Gasteiger partial charge in [-0.3, -0.25) is 5.10 Å². The molecule has 0 spiro atoms. The van der Waals surface area contributed by atoms with Crippen molar-refractivity contribution in [3.8, 4) is 0 Å². The highest BCUT2D eigenvalue weighted by Gasteiger charge is 2.25. The fourth-order valence-corrected chi connectivity index (χ4v) is 3.28. The van der Waals surface area contributed by atoms with Crippen LogP contribution in [0.3, 0.4) is 0 Å². The van der Waals surface area contributed by atoms with Gasteiger partial charge in [0.05, 0.1) is 38.2 Å². The Morgan fingerprint density at radius 3 is 2.95 bits per heavy atom. The summed E-state index contributed by atoms with van der Waals surface area (Å²) in [5.41, 5.74) is 0.489. The molecule has 1 saturated heterocycles. The molecule has 0 radical (unpaired) electrons. The Labute approximate surface area is 111 Å². The number of aliphatic hydroxyl groups is 1. The second-order valence-corrected chi connectivity index (χ2v) is 5.91. The van der Waals surface area contributed by atoms with Crippen LogP contribution in [0.4, 0.5) is 0 Å². The molecule has 1 aromatic rings. The smallest absolute Gasteiger partial charge is 0.244 e. The molecular weight excluding hydrogens is 274 g/mol. The van der Waals surface area contributed by atoms with Gasteiger partial charge in [-0.2, -0.15) is 5.10 Å². The maximum Gasteiger partial charge on any atom is 0.244 e. The van der Waals surface area contributed by atoms with Crippen LogP contribution in [0.25, 0.3) is 0 Å². The van der Waals surface area contributed by atoms with Gasteiger partial charge in [-0.25, -0.2) is 13.1 Å². The molecule has 1 unspecified atom stereocenters. The van der Waals surface area contributed by atoms with Crippen molar-refractivity contribution in [2.75, 3.05) is 26.4 Å². The molecule has 1 aliphatic rings. The minimum atomic E-state index is -3.73. The fraction of sp³-hybridized carbons (Fsp3) is 0.700. The minimum Gasteiger partial charge on any atom is -0.390 e. The zero-order valence-electron chi connectivity index (χ0n) is 10.5. The molecule has 3 N–H and O–H groups in total. The van der Waals surface area contributed by atoms with Crippen LogP contribution in [0.15, 0.2) is 4.90 Å². The molecule has 19 heavy (non-hydrogen) atoms. The highest BCUT2D eigenvalue weighted by molar-refractivity contribution is 7.89. The van der Waals surface area contributed by atoms with Crippen molar-refractivity contribution < 1.29 is 23.0 Å². The third-order valence-corrected chi connectivity index (χ3v) is 4.39. The summed E-state index contributed by atoms with van der Waals surface area (Å²) in [7, 11) is -3.73. The number of nitrogens with zero attached hydrogens (tertiary/aromatic N) is 1. The van der Waals surface area contributed by atoms with E-state index in [1.807, 2.05) is 0 Å². The fourth-order valence-electron chi connectivity index (χ4n) is 1.86. The Morgan fingerprint density at radius 1 is 1.53 bits per heavy atom. The average Bonchev–Trinajstić information content (AvgIpc) is 2.80. The van der Waals surface area contributed by atoms with E-state index < -0.39 is 16.6 Å². The van der Waals surface area contributed by atoms with Gasteiger partial charge in [-0.15, -0.1) is 0 Å². The van der Waals surface area contributed by atoms with Crippen molar-refractivity contribution in [2.45, 2.75) is 24.5 Å². The molecule has 9 heteroatoms. The molecule has 2 heterocycles. The van der Waals surface area contributed by atoms with Crippen LogP contribution in [0, 0.1) is 6.92 Å². The van der Waals surface area contributed by atoms with Crippen LogP contribution in [0.2, 0.25) is 0 Å². The molecule has 2 rings (SSSR count). The molecule has 8 nitrogen and oxygen atoms in total. The SMILES string of the molecule is Cc1[nH]nc(CO)c1S(=O)(=O)NCC1COCCO1. The van der Waals surface area contributed by atoms with Crippen molar-refractivity contribution in [3.05, 3.63) is 11.4 Å². The van der Waals surface area contributed by atoms with E-state index >= 15 is 0 Å². The summed E-state index contributed by atoms with van der Waals surface area (Å²) < 4.78 is 37.3. The summed E-state index contributed by atoms with van der Waals surface area (Å²) in [6.07, 6.45) is -0.298. The molecule has 0 aromatic carbocycles. The number of hydrogen-bond donors (Lipinski definition) is 3. The monoisotopic (exact) mass is 291 g/mol. The Kier molecular flexibility index (Phi) is 4.53. The van der Waals surface area contributed by atoms with Crippen molar-refractivity contribution in [2.24, 2.45) is 0 Å². The second kappa shape index (κ2) is 5.97. The van der Waals surface area contributed by atoms with Crippen LogP contribution >= 0.6 is 0 Å². The Balaban J connectivity index is 2.07. The number of hydrogen-bond acceptors (Lipinski definition) is 6. The van der Waals surface area contributed by atoms with Crippen LogP contribution in [-0.4, -0.2) is 56.2 Å². The van der Waals surface area contributed by atoms with E-state index in [1.165, 1.54) is 0 Å². The molecule has 0 saturated carbocycles. The predicted molar refractivity (Wildman–Crippen MR) is 65.0 cm³/mol. The summed E-state index contributed by atoms with van der Waals surface area (Å²) in [5, 5.41) is 15.4. The predicted octanol–water partition coefficient (Wildman–Crippen LogP) is -1.10. The lowest BCUT2D eigenvalue weighted by atomic mass is 10.3. The van der Waals surface area contributed by atoms with E-state index in [1.54, 1.807) is 6.92 Å². The third-order valence-electron chi connectivity index (χ3n) is 2.77. The number of aliphatic hydroxyl groups excluding tert-OH is 1. The normalized spacial score (nSPS) is 20.6. The van der Waals surface area contributed by atoms with Gasteiger partial charge >= 0.3 is 0 Å². The van der Waals surface area contributed by atoms with E-state index in [-0.39, 0.29) is 23.2 Å². The van der Waals surface area contributed by atoms with Crippen molar-refractivity contribution in [3.63, 3.8) is 0 Å². The summed E-state index contributed by atoms with van der Waals surface area (Å²) in [6, 6.07) is 0. The maximum absolute atomic E-state index is 12.2. The first-order chi connectivity index (χ1) is 9.04. The lowest BCUT2D eigenvalue weighted by Crippen LogP contribution is -2.39. The molecule has 108 valence electrons. The number of aromatic nitrogens is 2. The molecule has 1 aliphatic heterocycles. The van der Waals surface area contributed by atoms with E-state index in [9.17, 15) is 8.42 Å². The molecule has 1 atom stereocenters. The van der Waals surface area contributed by atoms with Gasteiger partial charge in [0.1, 0.15) is 10.6 Å². The average molecular weight is 291 g/mol. The van der Waals surface area contributed by atoms with Gasteiger partial charge in [0, 0.05) is 6.54 Å². The first-order valence-electron chi connectivity index (χ1n) is 5.88. The quantitative estimate of drug-likeness (QED) is 0.635. The highest BCUT2D eigenvalue weighted by atomic mass is 32.2. The maximum atomic E-state index is 12.2. The lowest BCUT2D eigenvalue weighted by molar-refractivity contribution is -0.0846. The van der Waals surface area contributed by atoms with Gasteiger partial charge in [-0.1, -0.05) is 0 Å². The number of aromatic amines is 1. The summed E-state index contributed by atoms with van der Waals surface area (Å²) in [4.78, 5) is -0.00766. The van der Waals surface area contributed by atoms with E-state index in [0.717, 1.165) is 0 Å². The zero-order chi connectivity index (χ0) is 13.9. The zero-order valence-corrected chi connectivity index (χ0v) is 11.4. The second-order valence-electron chi connectivity index (χ2n) is 4.20. The number of ether oxygens (including phenoxy) is 2. The van der Waals surface area contributed by atoms with Crippen molar-refractivity contribution >= 4 is 10.0 Å². The number of sulfonamides is 1. The van der Waals surface area contributed by atoms with Gasteiger partial charge in [-0.05, 0) is 6.92 Å². The third kappa shape index (κ3) is 3.31. The van der Waals surface area contributed by atoms with Crippen LogP contribution in [0.1, 0.15) is 11.4 Å². The first-order valence-corrected chi connectivity index (χ1v) is 7.36. The summed E-state index contributed by atoms with van der Waals surface area (Å²) in [5.74, 6) is 0. The molecule has 1 aromatic heterocycles. The lowest BCUT2D eigenvalue weighted by Gasteiger charge is -2.23. The number of rotatable bonds is 5. The number of H-pyrrole nitrogens is 1. The number of nitrogens with one attached hydrogen (secondary N) is 2. The van der Waals surface area contributed by atoms with Crippen LogP contribution < -0.4 is 4.72 Å². The topological polar surface area (TPSA) is 114 Å². The molecule has 0 bridgehead atoms. The minimum absolute atomic E-state index is 0.00766. The van der Waals surface area contributed by atoms with E-state index in [4.69, 9.17) is 14.6 Å². The van der Waals surface area contributed by atoms with Crippen molar-refractivity contribution in [1.82, 2.24) is 14.9 Å². The van der Waals surface area contributed by atoms with E-state index in [0.29, 0.717) is 25.5 Å². The standard InChI is InChI=1S/C10H17N3O5S/c1-7-10(9(5-14)13-12-7)19(15,16)11-4-8-6-17-2-3-18-8/h8,11,14H,2-6H2,1H3,(H,12,13). The summed E-state index contributed by atoms with van der Waals surface area (Å²) >= 11 is 0. The van der Waals surface area contributed by atoms with Gasteiger partial charge in [0.25, 0.3) is 0 Å². The molecule has 1 fully saturated rings. The first kappa shape index (κ1) is 14.4. The largest absolute Gasteiger partial charge is 0.390 e. The van der Waals surface area contributed by atoms with Gasteiger partial charge in [0.2, 0.25) is 10.0 Å². The van der Waals surface area contributed by atoms with Gasteiger partial charge < -0.3 is 14.6 Å². The van der Waals surface area contributed by atoms with Crippen LogP contribution in [-0.2, 0) is 26.1 Å². The highest BCUT2D eigenvalue weighted by Crippen LogP contribution is 2.17. The molecule has 0 aliphatic carbocycles. The Morgan fingerprint density at radius 2 is 2.32 bits per heavy atom. The Hall–Kier alpha value is -1.00. The number of aryl methyl sites for hydroxylation is 1.